The van der Waals surface area contributed by atoms with Crippen molar-refractivity contribution >= 4 is 10.0 Å². The van der Waals surface area contributed by atoms with Gasteiger partial charge in [-0.1, -0.05) is 0 Å². The first-order valence-corrected chi connectivity index (χ1v) is 7.25. The summed E-state index contributed by atoms with van der Waals surface area (Å²) >= 11 is 0. The molecule has 2 heterocycles. The maximum atomic E-state index is 11.8. The second-order valence-electron chi connectivity index (χ2n) is 4.07. The van der Waals surface area contributed by atoms with Crippen LogP contribution in [0.4, 0.5) is 0 Å². The van der Waals surface area contributed by atoms with Crippen LogP contribution in [-0.2, 0) is 14.8 Å². The number of hydrogen-bond donors (Lipinski definition) is 1. The van der Waals surface area contributed by atoms with Gasteiger partial charge in [0.15, 0.2) is 0 Å². The molecule has 1 aromatic rings. The Morgan fingerprint density at radius 1 is 1.65 bits per heavy atom. The number of nitrogens with one attached hydrogen (secondary N) is 1. The van der Waals surface area contributed by atoms with Crippen LogP contribution in [0.25, 0.3) is 0 Å². The first-order valence-electron chi connectivity index (χ1n) is 5.64. The zero-order valence-corrected chi connectivity index (χ0v) is 10.8. The third-order valence-electron chi connectivity index (χ3n) is 2.81. The van der Waals surface area contributed by atoms with Crippen molar-refractivity contribution in [2.45, 2.75) is 20.0 Å². The van der Waals surface area contributed by atoms with Crippen molar-refractivity contribution in [1.29, 1.82) is 0 Å². The van der Waals surface area contributed by atoms with Gasteiger partial charge in [-0.15, -0.1) is 0 Å². The van der Waals surface area contributed by atoms with Gasteiger partial charge in [-0.2, -0.15) is 4.31 Å². The Balaban J connectivity index is 2.13. The van der Waals surface area contributed by atoms with Crippen LogP contribution in [0.2, 0.25) is 0 Å². The molecule has 1 fully saturated rings. The zero-order valence-electron chi connectivity index (χ0n) is 10.0. The molecule has 1 N–H and O–H groups in total. The normalized spacial score (nSPS) is 22.8. The van der Waals surface area contributed by atoms with Crippen LogP contribution in [-0.4, -0.2) is 48.1 Å². The van der Waals surface area contributed by atoms with Gasteiger partial charge in [-0.3, -0.25) is 0 Å². The summed E-state index contributed by atoms with van der Waals surface area (Å²) in [6.45, 7) is 4.72. The van der Waals surface area contributed by atoms with Gasteiger partial charge >= 0.3 is 0 Å². The Hall–Kier alpha value is -0.920. The molecule has 0 unspecified atom stereocenters. The molecule has 0 amide bonds. The molecule has 1 aliphatic rings. The Labute approximate surface area is 101 Å². The average Bonchev–Trinajstić information content (AvgIpc) is 2.76. The summed E-state index contributed by atoms with van der Waals surface area (Å²) in [5, 5.41) is 0. The molecule has 17 heavy (non-hydrogen) atoms. The number of aromatic nitrogens is 2. The number of aromatic amines is 1. The fourth-order valence-electron chi connectivity index (χ4n) is 1.82. The summed E-state index contributed by atoms with van der Waals surface area (Å²) < 4.78 is 30.6. The van der Waals surface area contributed by atoms with Gasteiger partial charge in [0.2, 0.25) is 10.0 Å². The van der Waals surface area contributed by atoms with Gasteiger partial charge in [0.25, 0.3) is 0 Å². The summed E-state index contributed by atoms with van der Waals surface area (Å²) in [6, 6.07) is 0. The van der Waals surface area contributed by atoms with Crippen molar-refractivity contribution < 1.29 is 13.2 Å². The summed E-state index contributed by atoms with van der Waals surface area (Å²) in [6.07, 6.45) is 1.42. The largest absolute Gasteiger partial charge is 0.368 e. The zero-order chi connectivity index (χ0) is 12.5. The van der Waals surface area contributed by atoms with Gasteiger partial charge < -0.3 is 9.72 Å². The first-order chi connectivity index (χ1) is 8.03. The molecule has 7 heteroatoms. The fourth-order valence-corrected chi connectivity index (χ4v) is 2.90. The van der Waals surface area contributed by atoms with E-state index in [-0.39, 0.29) is 11.9 Å². The molecule has 0 saturated carbocycles. The molecule has 1 saturated heterocycles. The van der Waals surface area contributed by atoms with Gasteiger partial charge in [0.1, 0.15) is 11.9 Å². The number of sulfonamides is 1. The molecule has 0 bridgehead atoms. The summed E-state index contributed by atoms with van der Waals surface area (Å²) in [4.78, 5) is 7.26. The number of ether oxygens (including phenoxy) is 1. The van der Waals surface area contributed by atoms with E-state index in [1.54, 1.807) is 13.1 Å². The molecule has 0 aliphatic carbocycles. The minimum Gasteiger partial charge on any atom is -0.368 e. The van der Waals surface area contributed by atoms with Gasteiger partial charge in [-0.25, -0.2) is 13.4 Å². The van der Waals surface area contributed by atoms with Gasteiger partial charge in [0.05, 0.1) is 12.4 Å². The van der Waals surface area contributed by atoms with E-state index >= 15 is 0 Å². The monoisotopic (exact) mass is 259 g/mol. The Morgan fingerprint density at radius 2 is 2.41 bits per heavy atom. The highest BCUT2D eigenvalue weighted by Crippen LogP contribution is 2.21. The van der Waals surface area contributed by atoms with Crippen LogP contribution >= 0.6 is 0 Å². The average molecular weight is 259 g/mol. The molecule has 1 atom stereocenters. The number of imidazole rings is 1. The molecule has 1 aromatic heterocycles. The number of hydrogen-bond acceptors (Lipinski definition) is 4. The SMILES string of the molecule is CCS(=O)(=O)N1CCO[C@H](c2ncc(C)[nH]2)C1. The molecule has 1 aliphatic heterocycles. The van der Waals surface area contributed by atoms with E-state index in [2.05, 4.69) is 9.97 Å². The lowest BCUT2D eigenvalue weighted by atomic mass is 10.3. The fraction of sp³-hybridized carbons (Fsp3) is 0.700. The highest BCUT2D eigenvalue weighted by Gasteiger charge is 2.30. The third-order valence-corrected chi connectivity index (χ3v) is 4.66. The maximum Gasteiger partial charge on any atom is 0.214 e. The number of nitrogens with zero attached hydrogens (tertiary/aromatic N) is 2. The Morgan fingerprint density at radius 3 is 3.00 bits per heavy atom. The highest BCUT2D eigenvalue weighted by molar-refractivity contribution is 7.89. The molecule has 0 radical (unpaired) electrons. The topological polar surface area (TPSA) is 75.3 Å². The summed E-state index contributed by atoms with van der Waals surface area (Å²) in [7, 11) is -3.14. The van der Waals surface area contributed by atoms with Crippen LogP contribution in [0.1, 0.15) is 24.5 Å². The minimum atomic E-state index is -3.14. The van der Waals surface area contributed by atoms with Gasteiger partial charge in [-0.05, 0) is 13.8 Å². The second kappa shape index (κ2) is 4.75. The quantitative estimate of drug-likeness (QED) is 0.854. The number of aryl methyl sites for hydroxylation is 1. The lowest BCUT2D eigenvalue weighted by molar-refractivity contribution is -0.00705. The van der Waals surface area contributed by atoms with Crippen molar-refractivity contribution in [3.05, 3.63) is 17.7 Å². The van der Waals surface area contributed by atoms with Crippen molar-refractivity contribution in [1.82, 2.24) is 14.3 Å². The van der Waals surface area contributed by atoms with Crippen LogP contribution in [0.3, 0.4) is 0 Å². The predicted molar refractivity (Wildman–Crippen MR) is 63.1 cm³/mol. The standard InChI is InChI=1S/C10H17N3O3S/c1-3-17(14,15)13-4-5-16-9(7-13)10-11-6-8(2)12-10/h6,9H,3-5,7H2,1-2H3,(H,11,12)/t9-/m0/s1. The van der Waals surface area contributed by atoms with Crippen molar-refractivity contribution in [2.24, 2.45) is 0 Å². The minimum absolute atomic E-state index is 0.122. The molecule has 2 rings (SSSR count). The Bertz CT molecular complexity index is 483. The molecule has 96 valence electrons. The van der Waals surface area contributed by atoms with Crippen molar-refractivity contribution in [3.8, 4) is 0 Å². The molecule has 6 nitrogen and oxygen atoms in total. The predicted octanol–water partition coefficient (Wildman–Crippen LogP) is 0.441. The van der Waals surface area contributed by atoms with E-state index in [4.69, 9.17) is 4.74 Å². The molecule has 0 spiro atoms. The van der Waals surface area contributed by atoms with E-state index in [9.17, 15) is 8.42 Å². The third kappa shape index (κ3) is 2.67. The number of H-pyrrole nitrogens is 1. The molecular weight excluding hydrogens is 242 g/mol. The van der Waals surface area contributed by atoms with Crippen LogP contribution in [0.5, 0.6) is 0 Å². The first kappa shape index (κ1) is 12.5. The lowest BCUT2D eigenvalue weighted by Crippen LogP contribution is -2.43. The van der Waals surface area contributed by atoms with Gasteiger partial charge in [0, 0.05) is 25.0 Å². The summed E-state index contributed by atoms with van der Waals surface area (Å²) in [5.74, 6) is 0.815. The van der Waals surface area contributed by atoms with E-state index in [0.717, 1.165) is 5.69 Å². The summed E-state index contributed by atoms with van der Waals surface area (Å²) in [5.41, 5.74) is 0.944. The smallest absolute Gasteiger partial charge is 0.214 e. The maximum absolute atomic E-state index is 11.8. The Kier molecular flexibility index (Phi) is 3.50. The second-order valence-corrected chi connectivity index (χ2v) is 6.33. The highest BCUT2D eigenvalue weighted by atomic mass is 32.2. The van der Waals surface area contributed by atoms with Crippen molar-refractivity contribution in [3.63, 3.8) is 0 Å². The van der Waals surface area contributed by atoms with E-state index in [0.29, 0.717) is 25.5 Å². The molecule has 0 aromatic carbocycles. The van der Waals surface area contributed by atoms with E-state index < -0.39 is 10.0 Å². The van der Waals surface area contributed by atoms with Crippen LogP contribution < -0.4 is 0 Å². The van der Waals surface area contributed by atoms with Crippen LogP contribution in [0.15, 0.2) is 6.20 Å². The van der Waals surface area contributed by atoms with E-state index in [1.165, 1.54) is 4.31 Å². The lowest BCUT2D eigenvalue weighted by Gasteiger charge is -2.30. The van der Waals surface area contributed by atoms with E-state index in [1.807, 2.05) is 6.92 Å². The van der Waals surface area contributed by atoms with Crippen molar-refractivity contribution in [2.75, 3.05) is 25.4 Å². The number of rotatable bonds is 3. The van der Waals surface area contributed by atoms with Crippen LogP contribution in [0, 0.1) is 6.92 Å². The molecular formula is C10H17N3O3S. The number of morpholine rings is 1.